The first-order valence-electron chi connectivity index (χ1n) is 23.1. The van der Waals surface area contributed by atoms with Gasteiger partial charge in [0, 0.05) is 12.8 Å². The molecule has 0 spiro atoms. The van der Waals surface area contributed by atoms with Crippen molar-refractivity contribution < 1.29 is 52.9 Å². The Kier molecular flexibility index (Phi) is 39.8. The van der Waals surface area contributed by atoms with Gasteiger partial charge in [0.1, 0.15) is 12.7 Å². The highest BCUT2D eigenvalue weighted by Gasteiger charge is 2.27. The van der Waals surface area contributed by atoms with Gasteiger partial charge in [-0.2, -0.15) is 0 Å². The number of carbonyl (C=O) groups excluding carboxylic acids is 2. The molecule has 0 heterocycles. The molecule has 0 saturated heterocycles. The van der Waals surface area contributed by atoms with Gasteiger partial charge in [-0.25, -0.2) is 4.57 Å². The molecule has 0 amide bonds. The van der Waals surface area contributed by atoms with Crippen molar-refractivity contribution in [2.75, 3.05) is 26.4 Å². The summed E-state index contributed by atoms with van der Waals surface area (Å²) in [6, 6.07) is 0. The summed E-state index contributed by atoms with van der Waals surface area (Å²) in [5.74, 6) is -0.207. The van der Waals surface area contributed by atoms with E-state index in [0.29, 0.717) is 32.1 Å². The third-order valence-corrected chi connectivity index (χ3v) is 10.7. The van der Waals surface area contributed by atoms with E-state index in [4.69, 9.17) is 19.1 Å². The van der Waals surface area contributed by atoms with E-state index >= 15 is 0 Å². The van der Waals surface area contributed by atoms with Gasteiger partial charge in [0.15, 0.2) is 6.10 Å². The van der Waals surface area contributed by atoms with Crippen LogP contribution >= 0.6 is 7.82 Å². The van der Waals surface area contributed by atoms with Gasteiger partial charge in [-0.3, -0.25) is 18.6 Å². The number of phosphoric ester groups is 1. The fraction of sp³-hybridized carbons (Fsp3) is 0.787. The maximum absolute atomic E-state index is 12.6. The summed E-state index contributed by atoms with van der Waals surface area (Å²) in [6.45, 7) is 4.55. The van der Waals surface area contributed by atoms with Crippen molar-refractivity contribution in [2.45, 2.75) is 206 Å². The molecule has 4 atom stereocenters. The summed E-state index contributed by atoms with van der Waals surface area (Å²) in [6.07, 6.45) is 39.6. The Labute approximate surface area is 358 Å². The first-order valence-corrected chi connectivity index (χ1v) is 24.6. The summed E-state index contributed by atoms with van der Waals surface area (Å²) < 4.78 is 32.7. The van der Waals surface area contributed by atoms with E-state index in [0.717, 1.165) is 31.6 Å². The van der Waals surface area contributed by atoms with Gasteiger partial charge >= 0.3 is 19.8 Å². The second-order valence-corrected chi connectivity index (χ2v) is 17.6. The lowest BCUT2D eigenvalue weighted by molar-refractivity contribution is -0.161. The molecule has 59 heavy (non-hydrogen) atoms. The van der Waals surface area contributed by atoms with Crippen LogP contribution in [0.25, 0.3) is 0 Å². The van der Waals surface area contributed by atoms with E-state index < -0.39 is 57.9 Å². The molecule has 0 fully saturated rings. The van der Waals surface area contributed by atoms with Gasteiger partial charge in [-0.1, -0.05) is 179 Å². The predicted octanol–water partition coefficient (Wildman–Crippen LogP) is 11.3. The molecule has 0 aliphatic carbocycles. The molecule has 0 aliphatic heterocycles. The highest BCUT2D eigenvalue weighted by Crippen LogP contribution is 2.43. The first-order chi connectivity index (χ1) is 28.5. The monoisotopic (exact) mass is 857 g/mol. The molecule has 0 saturated carbocycles. The molecular formula is C47H85O11P. The van der Waals surface area contributed by atoms with Crippen molar-refractivity contribution >= 4 is 19.8 Å². The van der Waals surface area contributed by atoms with Crippen LogP contribution in [0.5, 0.6) is 0 Å². The Morgan fingerprint density at radius 3 is 1.80 bits per heavy atom. The highest BCUT2D eigenvalue weighted by atomic mass is 31.2. The molecular weight excluding hydrogens is 771 g/mol. The van der Waals surface area contributed by atoms with Gasteiger partial charge in [0.05, 0.1) is 25.9 Å². The van der Waals surface area contributed by atoms with Crippen LogP contribution in [0.2, 0.25) is 0 Å². The molecule has 0 rings (SSSR count). The second kappa shape index (κ2) is 41.3. The Bertz CT molecular complexity index is 1150. The third kappa shape index (κ3) is 42.4. The van der Waals surface area contributed by atoms with Crippen LogP contribution in [0.4, 0.5) is 0 Å². The minimum Gasteiger partial charge on any atom is -0.462 e. The normalized spacial score (nSPS) is 14.8. The van der Waals surface area contributed by atoms with Crippen LogP contribution in [0, 0.1) is 5.92 Å². The van der Waals surface area contributed by atoms with Crippen molar-refractivity contribution in [3.05, 3.63) is 48.6 Å². The van der Waals surface area contributed by atoms with E-state index in [2.05, 4.69) is 31.4 Å². The summed E-state index contributed by atoms with van der Waals surface area (Å²) in [7, 11) is -4.65. The average Bonchev–Trinajstić information content (AvgIpc) is 3.20. The lowest BCUT2D eigenvalue weighted by Gasteiger charge is -2.20. The number of hydrogen-bond acceptors (Lipinski definition) is 10. The zero-order valence-electron chi connectivity index (χ0n) is 37.2. The van der Waals surface area contributed by atoms with Crippen LogP contribution in [-0.2, 0) is 32.7 Å². The number of aliphatic hydroxyl groups excluding tert-OH is 3. The number of carbonyl (C=O) groups is 2. The molecule has 12 heteroatoms. The van der Waals surface area contributed by atoms with Crippen molar-refractivity contribution in [2.24, 2.45) is 5.92 Å². The Morgan fingerprint density at radius 2 is 1.19 bits per heavy atom. The minimum atomic E-state index is -4.65. The Hall–Kier alpha value is -2.11. The number of aliphatic hydroxyl groups is 3. The number of unbranched alkanes of at least 4 members (excludes halogenated alkanes) is 18. The maximum Gasteiger partial charge on any atom is 0.472 e. The molecule has 0 bridgehead atoms. The molecule has 0 aliphatic rings. The smallest absolute Gasteiger partial charge is 0.462 e. The lowest BCUT2D eigenvalue weighted by atomic mass is 10.0. The summed E-state index contributed by atoms with van der Waals surface area (Å²) in [5.41, 5.74) is 0. The molecule has 344 valence electrons. The molecule has 0 aromatic heterocycles. The summed E-state index contributed by atoms with van der Waals surface area (Å²) >= 11 is 0. The quantitative estimate of drug-likeness (QED) is 0.0151. The van der Waals surface area contributed by atoms with E-state index in [1.165, 1.54) is 96.3 Å². The van der Waals surface area contributed by atoms with Crippen LogP contribution in [0.15, 0.2) is 48.6 Å². The fourth-order valence-electron chi connectivity index (χ4n) is 6.13. The standard InChI is InChI=1S/C47H85O11P/c1-4-5-6-7-18-24-29-34-43(49)35-30-25-20-17-22-26-31-36-46(51)55-40-45(41-57-59(53,54)56-39-44(50)38-48)58-47(52)37-32-27-21-16-14-12-10-8-9-11-13-15-19-23-28-33-42(2)3/h17-18,22,24-25,29-30,34,42-45,48-50H,4-16,19-21,23,26-28,31-33,35-41H2,1-3H3,(H,53,54)/b22-17+,24-18-,30-25-,34-29-/t43-,44+,45-/m1/s1. The predicted molar refractivity (Wildman–Crippen MR) is 239 cm³/mol. The molecule has 11 nitrogen and oxygen atoms in total. The van der Waals surface area contributed by atoms with Gasteiger partial charge < -0.3 is 29.7 Å². The number of hydrogen-bond donors (Lipinski definition) is 4. The van der Waals surface area contributed by atoms with Crippen LogP contribution in [0.1, 0.15) is 188 Å². The van der Waals surface area contributed by atoms with E-state index in [1.54, 1.807) is 6.08 Å². The molecule has 0 aromatic rings. The number of ether oxygens (including phenoxy) is 2. The topological polar surface area (TPSA) is 169 Å². The first kappa shape index (κ1) is 56.9. The van der Waals surface area contributed by atoms with Crippen molar-refractivity contribution in [1.29, 1.82) is 0 Å². The molecule has 0 radical (unpaired) electrons. The van der Waals surface area contributed by atoms with Crippen LogP contribution < -0.4 is 0 Å². The minimum absolute atomic E-state index is 0.132. The number of phosphoric acid groups is 1. The largest absolute Gasteiger partial charge is 0.472 e. The van der Waals surface area contributed by atoms with Crippen molar-refractivity contribution in [3.63, 3.8) is 0 Å². The molecule has 4 N–H and O–H groups in total. The number of allylic oxidation sites excluding steroid dienone is 6. The molecule has 1 unspecified atom stereocenters. The second-order valence-electron chi connectivity index (χ2n) is 16.1. The van der Waals surface area contributed by atoms with Gasteiger partial charge in [0.25, 0.3) is 0 Å². The highest BCUT2D eigenvalue weighted by molar-refractivity contribution is 7.47. The Balaban J connectivity index is 4.39. The SMILES string of the molecule is CCCCC/C=C\C=C/[C@@H](O)C/C=C\C/C=C/CCCC(=O)OC[C@H](COP(=O)(O)OC[C@@H](O)CO)OC(=O)CCCCCCCCCCCCCCCCCC(C)C. The van der Waals surface area contributed by atoms with E-state index in [-0.39, 0.29) is 19.4 Å². The van der Waals surface area contributed by atoms with E-state index in [1.807, 2.05) is 36.5 Å². The van der Waals surface area contributed by atoms with Crippen LogP contribution in [-0.4, -0.2) is 76.9 Å². The van der Waals surface area contributed by atoms with Crippen molar-refractivity contribution in [1.82, 2.24) is 0 Å². The van der Waals surface area contributed by atoms with Gasteiger partial charge in [0.2, 0.25) is 0 Å². The van der Waals surface area contributed by atoms with Crippen molar-refractivity contribution in [3.8, 4) is 0 Å². The zero-order valence-corrected chi connectivity index (χ0v) is 38.1. The van der Waals surface area contributed by atoms with Gasteiger partial charge in [-0.05, 0) is 50.9 Å². The summed E-state index contributed by atoms with van der Waals surface area (Å²) in [4.78, 5) is 35.0. The number of esters is 2. The van der Waals surface area contributed by atoms with Gasteiger partial charge in [-0.15, -0.1) is 0 Å². The fourth-order valence-corrected chi connectivity index (χ4v) is 6.92. The lowest BCUT2D eigenvalue weighted by Crippen LogP contribution is -2.29. The zero-order chi connectivity index (χ0) is 43.7. The van der Waals surface area contributed by atoms with E-state index in [9.17, 15) is 29.3 Å². The maximum atomic E-state index is 12.6. The summed E-state index contributed by atoms with van der Waals surface area (Å²) in [5, 5.41) is 28.4. The van der Waals surface area contributed by atoms with Crippen LogP contribution in [0.3, 0.4) is 0 Å². The number of rotatable bonds is 42. The third-order valence-electron chi connectivity index (χ3n) is 9.74. The Morgan fingerprint density at radius 1 is 0.627 bits per heavy atom. The molecule has 0 aromatic carbocycles. The average molecular weight is 857 g/mol.